The molecule has 0 amide bonds. The summed E-state index contributed by atoms with van der Waals surface area (Å²) >= 11 is 0. The lowest BCUT2D eigenvalue weighted by atomic mass is 9.77. The monoisotopic (exact) mass is 698 g/mol. The highest BCUT2D eigenvalue weighted by atomic mass is 16.8. The molecular formula is C29H58N6O13. The van der Waals surface area contributed by atoms with E-state index in [2.05, 4.69) is 5.32 Å². The summed E-state index contributed by atoms with van der Waals surface area (Å²) in [6, 6.07) is -2.44. The number of nitrogens with one attached hydrogen (secondary N) is 1. The fourth-order valence-corrected chi connectivity index (χ4v) is 6.84. The molecule has 3 saturated heterocycles. The molecule has 0 aromatic heterocycles. The van der Waals surface area contributed by atoms with Crippen molar-refractivity contribution in [3.05, 3.63) is 0 Å². The average Bonchev–Trinajstić information content (AvgIpc) is 3.37. The largest absolute Gasteiger partial charge is 0.395 e. The standard InChI is InChI=1S/C29H58N6O13/c30-8-13(38)2-1-12-7-16(33)24(46-27-15(32)4-3-14(43-27)10-35-5-6-36)26(20(12)39)48-29-23(42)25(18(11-37)45-29)47-28-19(34)22(41)21(40)17(9-31)44-28/h12-29,35-42H,1-11,30-34H2/t12-,13?,14+,15-,16+,17+,18-,19-,20+,21-,22-,23-,24-,25-,26-,27-,28-,29+/m1/s1. The molecule has 0 spiro atoms. The second kappa shape index (κ2) is 18.6. The van der Waals surface area contributed by atoms with E-state index >= 15 is 0 Å². The average molecular weight is 699 g/mol. The summed E-state index contributed by atoms with van der Waals surface area (Å²) in [5.74, 6) is -0.448. The van der Waals surface area contributed by atoms with Gasteiger partial charge in [0.25, 0.3) is 0 Å². The van der Waals surface area contributed by atoms with Gasteiger partial charge in [-0.05, 0) is 38.0 Å². The van der Waals surface area contributed by atoms with Crippen molar-refractivity contribution >= 4 is 0 Å². The number of aliphatic hydroxyl groups is 7. The van der Waals surface area contributed by atoms with Crippen LogP contribution in [0.1, 0.15) is 32.1 Å². The van der Waals surface area contributed by atoms with E-state index in [9.17, 15) is 30.6 Å². The Morgan fingerprint density at radius 2 is 1.44 bits per heavy atom. The predicted molar refractivity (Wildman–Crippen MR) is 166 cm³/mol. The minimum atomic E-state index is -1.56. The van der Waals surface area contributed by atoms with Gasteiger partial charge in [-0.3, -0.25) is 0 Å². The van der Waals surface area contributed by atoms with E-state index in [4.69, 9.17) is 62.2 Å². The lowest BCUT2D eigenvalue weighted by Crippen LogP contribution is -2.64. The van der Waals surface area contributed by atoms with Gasteiger partial charge in [0, 0.05) is 32.2 Å². The van der Waals surface area contributed by atoms with Gasteiger partial charge >= 0.3 is 0 Å². The Kier molecular flexibility index (Phi) is 15.5. The van der Waals surface area contributed by atoms with Crippen molar-refractivity contribution in [1.82, 2.24) is 5.32 Å². The van der Waals surface area contributed by atoms with Crippen molar-refractivity contribution in [2.24, 2.45) is 34.6 Å². The van der Waals surface area contributed by atoms with Crippen molar-refractivity contribution in [2.45, 2.75) is 136 Å². The van der Waals surface area contributed by atoms with Crippen molar-refractivity contribution in [3.8, 4) is 0 Å². The summed E-state index contributed by atoms with van der Waals surface area (Å²) in [6.07, 6.45) is -13.7. The fourth-order valence-electron chi connectivity index (χ4n) is 6.84. The van der Waals surface area contributed by atoms with Crippen LogP contribution in [0.15, 0.2) is 0 Å². The molecule has 282 valence electrons. The first kappa shape index (κ1) is 40.0. The Hall–Kier alpha value is -0.760. The van der Waals surface area contributed by atoms with Gasteiger partial charge in [-0.2, -0.15) is 0 Å². The Bertz CT molecular complexity index is 950. The highest BCUT2D eigenvalue weighted by molar-refractivity contribution is 5.00. The maximum atomic E-state index is 11.6. The van der Waals surface area contributed by atoms with E-state index < -0.39 is 111 Å². The normalized spacial score (nSPS) is 46.1. The summed E-state index contributed by atoms with van der Waals surface area (Å²) in [5, 5.41) is 76.0. The third kappa shape index (κ3) is 9.56. The van der Waals surface area contributed by atoms with Gasteiger partial charge in [-0.25, -0.2) is 0 Å². The molecule has 3 aliphatic heterocycles. The minimum Gasteiger partial charge on any atom is -0.395 e. The fraction of sp³-hybridized carbons (Fsp3) is 1.00. The van der Waals surface area contributed by atoms with Crippen molar-refractivity contribution in [1.29, 1.82) is 0 Å². The molecule has 19 nitrogen and oxygen atoms in total. The van der Waals surface area contributed by atoms with E-state index in [1.807, 2.05) is 0 Å². The van der Waals surface area contributed by atoms with Crippen LogP contribution >= 0.6 is 0 Å². The molecule has 4 fully saturated rings. The third-order valence-corrected chi connectivity index (χ3v) is 9.77. The van der Waals surface area contributed by atoms with Gasteiger partial charge in [0.2, 0.25) is 0 Å². The van der Waals surface area contributed by atoms with Gasteiger partial charge < -0.3 is 98.2 Å². The molecule has 0 radical (unpaired) electrons. The maximum Gasteiger partial charge on any atom is 0.187 e. The molecule has 4 aliphatic rings. The molecular weight excluding hydrogens is 640 g/mol. The lowest BCUT2D eigenvalue weighted by Gasteiger charge is -2.47. The predicted octanol–water partition coefficient (Wildman–Crippen LogP) is -6.83. The van der Waals surface area contributed by atoms with E-state index in [1.165, 1.54) is 0 Å². The molecule has 1 saturated carbocycles. The van der Waals surface area contributed by atoms with E-state index in [-0.39, 0.29) is 25.8 Å². The topological polar surface area (TPSA) is 339 Å². The first-order chi connectivity index (χ1) is 22.9. The summed E-state index contributed by atoms with van der Waals surface area (Å²) < 4.78 is 36.1. The van der Waals surface area contributed by atoms with E-state index in [1.54, 1.807) is 0 Å². The highest BCUT2D eigenvalue weighted by Gasteiger charge is 2.54. The van der Waals surface area contributed by atoms with Crippen LogP contribution in [0.2, 0.25) is 0 Å². The Balaban J connectivity index is 1.51. The summed E-state index contributed by atoms with van der Waals surface area (Å²) in [7, 11) is 0. The number of hydrogen-bond donors (Lipinski definition) is 13. The quantitative estimate of drug-likeness (QED) is 0.0666. The van der Waals surface area contributed by atoms with E-state index in [0.717, 1.165) is 0 Å². The first-order valence-electron chi connectivity index (χ1n) is 16.9. The van der Waals surface area contributed by atoms with Gasteiger partial charge in [0.15, 0.2) is 18.9 Å². The second-order valence-corrected chi connectivity index (χ2v) is 13.3. The molecule has 3 heterocycles. The number of hydrogen-bond acceptors (Lipinski definition) is 19. The SMILES string of the molecule is NCC(O)CC[C@@H]1C[C@H](N)[C@@H](O[C@H]2O[C@H](CNCCO)CC[C@H]2N)[C@H](O[C@@H]2O[C@H](CO)[C@@H](O[C@H]3O[C@@H](CN)[C@@H](O)[C@H](O)[C@H]3N)[C@H]2O)[C@H]1O. The molecule has 1 aliphatic carbocycles. The maximum absolute atomic E-state index is 11.6. The summed E-state index contributed by atoms with van der Waals surface area (Å²) in [6.45, 7) is 0.113. The number of rotatable bonds is 16. The van der Waals surface area contributed by atoms with Gasteiger partial charge in [0.1, 0.15) is 48.8 Å². The lowest BCUT2D eigenvalue weighted by molar-refractivity contribution is -0.292. The van der Waals surface area contributed by atoms with Crippen molar-refractivity contribution in [3.63, 3.8) is 0 Å². The number of nitrogens with two attached hydrogens (primary N) is 5. The Morgan fingerprint density at radius 3 is 2.10 bits per heavy atom. The summed E-state index contributed by atoms with van der Waals surface area (Å²) in [5.41, 5.74) is 30.3. The molecule has 19 heteroatoms. The van der Waals surface area contributed by atoms with Crippen LogP contribution in [0.5, 0.6) is 0 Å². The van der Waals surface area contributed by atoms with Gasteiger partial charge in [-0.15, -0.1) is 0 Å². The Morgan fingerprint density at radius 1 is 0.750 bits per heavy atom. The molecule has 0 aromatic carbocycles. The zero-order valence-electron chi connectivity index (χ0n) is 27.1. The zero-order valence-corrected chi connectivity index (χ0v) is 27.1. The first-order valence-corrected chi connectivity index (χ1v) is 16.9. The number of aliphatic hydroxyl groups excluding tert-OH is 7. The Labute approximate surface area is 279 Å². The van der Waals surface area contributed by atoms with Crippen LogP contribution in [0, 0.1) is 5.92 Å². The molecule has 18 N–H and O–H groups in total. The van der Waals surface area contributed by atoms with Crippen LogP contribution in [0.25, 0.3) is 0 Å². The highest BCUT2D eigenvalue weighted by Crippen LogP contribution is 2.37. The summed E-state index contributed by atoms with van der Waals surface area (Å²) in [4.78, 5) is 0. The number of ether oxygens (including phenoxy) is 6. The molecule has 18 atom stereocenters. The van der Waals surface area contributed by atoms with Crippen molar-refractivity contribution in [2.75, 3.05) is 39.4 Å². The van der Waals surface area contributed by atoms with Crippen LogP contribution in [-0.2, 0) is 28.4 Å². The molecule has 4 rings (SSSR count). The third-order valence-electron chi connectivity index (χ3n) is 9.77. The minimum absolute atomic E-state index is 0.0264. The van der Waals surface area contributed by atoms with Crippen molar-refractivity contribution < 1.29 is 64.2 Å². The van der Waals surface area contributed by atoms with Crippen LogP contribution in [0.4, 0.5) is 0 Å². The van der Waals surface area contributed by atoms with Crippen LogP contribution in [-0.4, -0.2) is 179 Å². The van der Waals surface area contributed by atoms with E-state index in [0.29, 0.717) is 45.2 Å². The molecule has 1 unspecified atom stereocenters. The zero-order chi connectivity index (χ0) is 35.1. The van der Waals surface area contributed by atoms with Crippen LogP contribution in [0.3, 0.4) is 0 Å². The van der Waals surface area contributed by atoms with Gasteiger partial charge in [-0.1, -0.05) is 0 Å². The van der Waals surface area contributed by atoms with Gasteiger partial charge in [0.05, 0.1) is 43.6 Å². The van der Waals surface area contributed by atoms with Crippen LogP contribution < -0.4 is 34.0 Å². The second-order valence-electron chi connectivity index (χ2n) is 13.3. The molecule has 0 bridgehead atoms. The molecule has 48 heavy (non-hydrogen) atoms. The molecule has 0 aromatic rings. The smallest absolute Gasteiger partial charge is 0.187 e.